The molecular formula is C21H26N3O3+. The van der Waals surface area contributed by atoms with E-state index in [9.17, 15) is 9.59 Å². The van der Waals surface area contributed by atoms with Gasteiger partial charge in [0.05, 0.1) is 38.0 Å². The lowest BCUT2D eigenvalue weighted by molar-refractivity contribution is -0.124. The highest BCUT2D eigenvalue weighted by Gasteiger charge is 2.41. The van der Waals surface area contributed by atoms with E-state index in [4.69, 9.17) is 4.74 Å². The molecule has 2 aliphatic heterocycles. The van der Waals surface area contributed by atoms with Crippen LogP contribution in [0.5, 0.6) is 5.75 Å². The molecule has 2 N–H and O–H groups in total. The molecule has 6 heteroatoms. The average Bonchev–Trinajstić information content (AvgIpc) is 2.65. The van der Waals surface area contributed by atoms with Gasteiger partial charge in [0.2, 0.25) is 11.8 Å². The summed E-state index contributed by atoms with van der Waals surface area (Å²) < 4.78 is 9.63. The fourth-order valence-corrected chi connectivity index (χ4v) is 3.86. The highest BCUT2D eigenvalue weighted by molar-refractivity contribution is 6.04. The Bertz CT molecular complexity index is 865. The van der Waals surface area contributed by atoms with Gasteiger partial charge in [0.25, 0.3) is 11.9 Å². The summed E-state index contributed by atoms with van der Waals surface area (Å²) in [6.07, 6.45) is 2.63. The molecule has 0 radical (unpaired) electrons. The summed E-state index contributed by atoms with van der Waals surface area (Å²) in [4.78, 5) is 25.1. The number of methoxy groups -OCH3 is 1. The summed E-state index contributed by atoms with van der Waals surface area (Å²) in [6, 6.07) is 7.44. The molecule has 1 aromatic rings. The van der Waals surface area contributed by atoms with Gasteiger partial charge in [0, 0.05) is 12.5 Å². The standard InChI is InChI=1S/C21H25N3O3/c1-12-17(21(26)24-18-8-9-22-14(3)20(12)18)11-19(25)23-13(2)15-6-5-7-16(10-15)27-4/h5-7,9-10,13,18,20H,8,11H2,1-4H3,(H-,23,24,25,26)/p+1/t13-,18?,20?/m0/s1. The van der Waals surface area contributed by atoms with Crippen LogP contribution < -0.4 is 20.0 Å². The van der Waals surface area contributed by atoms with Crippen molar-refractivity contribution in [3.8, 4) is 5.75 Å². The molecule has 142 valence electrons. The molecule has 0 aromatic heterocycles. The Morgan fingerprint density at radius 3 is 2.93 bits per heavy atom. The Labute approximate surface area is 159 Å². The zero-order chi connectivity index (χ0) is 19.6. The van der Waals surface area contributed by atoms with E-state index < -0.39 is 0 Å². The molecule has 6 nitrogen and oxygen atoms in total. The number of hydrogen-bond donors (Lipinski definition) is 2. The molecule has 3 rings (SSSR count). The second-order valence-corrected chi connectivity index (χ2v) is 7.15. The number of benzene rings is 1. The minimum atomic E-state index is -0.180. The smallest absolute Gasteiger partial charge is 0.286 e. The first-order valence-electron chi connectivity index (χ1n) is 9.20. The van der Waals surface area contributed by atoms with E-state index in [1.54, 1.807) is 7.11 Å². The molecule has 0 spiro atoms. The Morgan fingerprint density at radius 1 is 1.41 bits per heavy atom. The predicted molar refractivity (Wildman–Crippen MR) is 106 cm³/mol. The van der Waals surface area contributed by atoms with Gasteiger partial charge < -0.3 is 15.4 Å². The summed E-state index contributed by atoms with van der Waals surface area (Å²) in [7, 11) is 1.61. The second-order valence-electron chi connectivity index (χ2n) is 7.15. The molecule has 2 amide bonds. The van der Waals surface area contributed by atoms with Crippen LogP contribution in [0.25, 0.3) is 0 Å². The molecule has 0 aliphatic carbocycles. The van der Waals surface area contributed by atoms with Crippen molar-refractivity contribution >= 4 is 23.7 Å². The van der Waals surface area contributed by atoms with Crippen LogP contribution in [0.1, 0.15) is 45.2 Å². The van der Waals surface area contributed by atoms with Gasteiger partial charge >= 0.3 is 0 Å². The highest BCUT2D eigenvalue weighted by Crippen LogP contribution is 2.29. The van der Waals surface area contributed by atoms with Gasteiger partial charge in [-0.1, -0.05) is 12.1 Å². The fraction of sp³-hybridized carbons (Fsp3) is 0.429. The highest BCUT2D eigenvalue weighted by atomic mass is 16.5. The third-order valence-corrected chi connectivity index (χ3v) is 5.35. The van der Waals surface area contributed by atoms with Gasteiger partial charge in [0.15, 0.2) is 0 Å². The van der Waals surface area contributed by atoms with Crippen molar-refractivity contribution < 1.29 is 14.3 Å². The topological polar surface area (TPSA) is 81.5 Å². The summed E-state index contributed by atoms with van der Waals surface area (Å²) in [5.41, 5.74) is 3.42. The molecule has 0 bridgehead atoms. The molecular weight excluding hydrogens is 342 g/mol. The normalized spacial score (nSPS) is 22.5. The third kappa shape index (κ3) is 3.96. The number of fused-ring (bicyclic) bond motifs is 1. The van der Waals surface area contributed by atoms with E-state index >= 15 is 0 Å². The van der Waals surface area contributed by atoms with Gasteiger partial charge in [-0.2, -0.15) is 0 Å². The Hall–Kier alpha value is -2.85. The van der Waals surface area contributed by atoms with Crippen molar-refractivity contribution in [1.29, 1.82) is 0 Å². The van der Waals surface area contributed by atoms with Crippen molar-refractivity contribution in [2.24, 2.45) is 5.92 Å². The summed E-state index contributed by atoms with van der Waals surface area (Å²) in [5.74, 6) is 0.492. The molecule has 0 saturated carbocycles. The van der Waals surface area contributed by atoms with Gasteiger partial charge in [-0.05, 0) is 37.1 Å². The van der Waals surface area contributed by atoms with Crippen molar-refractivity contribution in [1.82, 2.24) is 15.3 Å². The van der Waals surface area contributed by atoms with Crippen LogP contribution in [0.3, 0.4) is 0 Å². The largest absolute Gasteiger partial charge is 0.497 e. The average molecular weight is 368 g/mol. The van der Waals surface area contributed by atoms with Crippen molar-refractivity contribution in [3.05, 3.63) is 41.0 Å². The summed E-state index contributed by atoms with van der Waals surface area (Å²) >= 11 is 0. The Balaban J connectivity index is 1.73. The van der Waals surface area contributed by atoms with Crippen LogP contribution in [0.4, 0.5) is 0 Å². The van der Waals surface area contributed by atoms with Crippen LogP contribution in [0, 0.1) is 5.92 Å². The van der Waals surface area contributed by atoms with Crippen molar-refractivity contribution in [3.63, 3.8) is 0 Å². The molecule has 3 atom stereocenters. The Kier molecular flexibility index (Phi) is 5.47. The van der Waals surface area contributed by atoms with Gasteiger partial charge in [0.1, 0.15) is 5.75 Å². The maximum atomic E-state index is 12.6. The van der Waals surface area contributed by atoms with E-state index in [0.717, 1.165) is 29.0 Å². The zero-order valence-corrected chi connectivity index (χ0v) is 16.2. The van der Waals surface area contributed by atoms with E-state index in [2.05, 4.69) is 15.3 Å². The molecule has 2 heterocycles. The van der Waals surface area contributed by atoms with Crippen LogP contribution in [0.15, 0.2) is 35.4 Å². The minimum absolute atomic E-state index is 0.0394. The molecule has 2 unspecified atom stereocenters. The predicted octanol–water partition coefficient (Wildman–Crippen LogP) is 1.70. The first kappa shape index (κ1) is 18.9. The minimum Gasteiger partial charge on any atom is -0.497 e. The Morgan fingerprint density at radius 2 is 2.19 bits per heavy atom. The lowest BCUT2D eigenvalue weighted by Crippen LogP contribution is -2.51. The zero-order valence-electron chi connectivity index (χ0n) is 16.2. The molecule has 1 aromatic carbocycles. The fourth-order valence-electron chi connectivity index (χ4n) is 3.86. The number of amides is 2. The lowest BCUT2D eigenvalue weighted by Gasteiger charge is -2.31. The quantitative estimate of drug-likeness (QED) is 0.776. The van der Waals surface area contributed by atoms with Gasteiger partial charge in [-0.25, -0.2) is 0 Å². The number of nitrogens with zero attached hydrogens (tertiary/aromatic N) is 1. The van der Waals surface area contributed by atoms with Crippen LogP contribution >= 0.6 is 0 Å². The second kappa shape index (κ2) is 7.80. The first-order valence-corrected chi connectivity index (χ1v) is 9.20. The maximum Gasteiger partial charge on any atom is 0.286 e. The maximum absolute atomic E-state index is 12.6. The molecule has 2 aliphatic rings. The molecule has 27 heavy (non-hydrogen) atoms. The molecule has 0 fully saturated rings. The van der Waals surface area contributed by atoms with Gasteiger partial charge in [-0.15, -0.1) is 4.67 Å². The van der Waals surface area contributed by atoms with Crippen LogP contribution in [-0.2, 0) is 9.59 Å². The SMILES string of the molecule is COc1cccc([C@H](C)NC(=O)CC2=C(C)C3C(C)=[N+]=CCC3NC2=O)c1. The van der Waals surface area contributed by atoms with E-state index in [1.807, 2.05) is 51.3 Å². The third-order valence-electron chi connectivity index (χ3n) is 5.35. The number of nitrogens with one attached hydrogen (secondary N) is 2. The monoisotopic (exact) mass is 368 g/mol. The summed E-state index contributed by atoms with van der Waals surface area (Å²) in [6.45, 7) is 5.82. The summed E-state index contributed by atoms with van der Waals surface area (Å²) in [5, 5.41) is 6.00. The van der Waals surface area contributed by atoms with E-state index in [-0.39, 0.29) is 36.2 Å². The number of rotatable bonds is 5. The number of hydrogen-bond acceptors (Lipinski definition) is 3. The van der Waals surface area contributed by atoms with E-state index in [1.165, 1.54) is 0 Å². The van der Waals surface area contributed by atoms with E-state index in [0.29, 0.717) is 5.57 Å². The van der Waals surface area contributed by atoms with Crippen LogP contribution in [0.2, 0.25) is 0 Å². The van der Waals surface area contributed by atoms with Crippen molar-refractivity contribution in [2.75, 3.05) is 7.11 Å². The number of ether oxygens (including phenoxy) is 1. The van der Waals surface area contributed by atoms with Gasteiger partial charge in [-0.3, -0.25) is 9.59 Å². The lowest BCUT2D eigenvalue weighted by atomic mass is 9.79. The first-order chi connectivity index (χ1) is 12.9. The van der Waals surface area contributed by atoms with Crippen LogP contribution in [-0.4, -0.2) is 36.9 Å². The number of carbonyl (C=O) groups excluding carboxylic acids is 2. The number of carbonyl (C=O) groups is 2. The van der Waals surface area contributed by atoms with Crippen molar-refractivity contribution in [2.45, 2.75) is 45.7 Å². The molecule has 0 saturated heterocycles.